The smallest absolute Gasteiger partial charge is 0.224 e. The number of rotatable bonds is 9. The van der Waals surface area contributed by atoms with Gasteiger partial charge in [0.05, 0.1) is 17.1 Å². The van der Waals surface area contributed by atoms with E-state index in [0.29, 0.717) is 5.95 Å². The second-order valence-electron chi connectivity index (χ2n) is 7.02. The van der Waals surface area contributed by atoms with E-state index in [-0.39, 0.29) is 0 Å². The first-order valence-corrected chi connectivity index (χ1v) is 9.99. The van der Waals surface area contributed by atoms with Crippen LogP contribution in [0.5, 0.6) is 0 Å². The maximum Gasteiger partial charge on any atom is 0.224 e. The Morgan fingerprint density at radius 3 is 2.61 bits per heavy atom. The van der Waals surface area contributed by atoms with Crippen LogP contribution >= 0.6 is 0 Å². The first kappa shape index (κ1) is 19.9. The lowest BCUT2D eigenvalue weighted by Gasteiger charge is -2.10. The lowest BCUT2D eigenvalue weighted by molar-refractivity contribution is 0.750. The van der Waals surface area contributed by atoms with E-state index in [1.54, 1.807) is 0 Å². The van der Waals surface area contributed by atoms with E-state index in [1.807, 2.05) is 24.8 Å². The Labute approximate surface area is 167 Å². The number of aromatic nitrogens is 4. The molecule has 0 atom stereocenters. The van der Waals surface area contributed by atoms with Gasteiger partial charge in [-0.05, 0) is 49.8 Å². The van der Waals surface area contributed by atoms with Crippen LogP contribution in [0.1, 0.15) is 36.6 Å². The van der Waals surface area contributed by atoms with Crippen molar-refractivity contribution in [1.82, 2.24) is 19.7 Å². The van der Waals surface area contributed by atoms with Crippen molar-refractivity contribution >= 4 is 11.8 Å². The van der Waals surface area contributed by atoms with Crippen LogP contribution in [0.4, 0.5) is 11.8 Å². The molecule has 0 saturated heterocycles. The third kappa shape index (κ3) is 4.88. The van der Waals surface area contributed by atoms with Crippen molar-refractivity contribution in [3.05, 3.63) is 53.2 Å². The summed E-state index contributed by atoms with van der Waals surface area (Å²) in [4.78, 5) is 9.14. The number of hydrogen-bond acceptors (Lipinski definition) is 5. The second-order valence-corrected chi connectivity index (χ2v) is 7.02. The van der Waals surface area contributed by atoms with Crippen LogP contribution in [-0.2, 0) is 19.9 Å². The molecular weight excluding hydrogens is 348 g/mol. The number of nitrogens with one attached hydrogen (secondary N) is 2. The molecule has 148 valence electrons. The molecule has 0 amide bonds. The number of aryl methyl sites for hydroxylation is 4. The summed E-state index contributed by atoms with van der Waals surface area (Å²) in [7, 11) is 3.79. The molecule has 2 heterocycles. The summed E-state index contributed by atoms with van der Waals surface area (Å²) in [5.74, 6) is 1.45. The van der Waals surface area contributed by atoms with Crippen molar-refractivity contribution in [2.75, 3.05) is 24.2 Å². The van der Waals surface area contributed by atoms with Crippen molar-refractivity contribution in [3.63, 3.8) is 0 Å². The minimum atomic E-state index is 0.610. The Kier molecular flexibility index (Phi) is 6.63. The average molecular weight is 379 g/mol. The summed E-state index contributed by atoms with van der Waals surface area (Å²) < 4.78 is 1.88. The van der Waals surface area contributed by atoms with Crippen LogP contribution in [0.15, 0.2) is 36.4 Å². The van der Waals surface area contributed by atoms with Crippen molar-refractivity contribution in [1.29, 1.82) is 0 Å². The highest BCUT2D eigenvalue weighted by Gasteiger charge is 2.11. The minimum Gasteiger partial charge on any atom is -0.370 e. The lowest BCUT2D eigenvalue weighted by atomic mass is 10.0. The molecule has 28 heavy (non-hydrogen) atoms. The summed E-state index contributed by atoms with van der Waals surface area (Å²) in [5, 5.41) is 11.0. The largest absolute Gasteiger partial charge is 0.370 e. The zero-order chi connectivity index (χ0) is 19.9. The fraction of sp³-hybridized carbons (Fsp3) is 0.409. The van der Waals surface area contributed by atoms with E-state index in [9.17, 15) is 0 Å². The molecule has 3 aromatic rings. The molecule has 1 aromatic carbocycles. The summed E-state index contributed by atoms with van der Waals surface area (Å²) in [6.45, 7) is 5.17. The Balaban J connectivity index is 1.62. The molecule has 3 rings (SSSR count). The van der Waals surface area contributed by atoms with Crippen LogP contribution < -0.4 is 10.6 Å². The quantitative estimate of drug-likeness (QED) is 0.546. The van der Waals surface area contributed by atoms with E-state index < -0.39 is 0 Å². The predicted molar refractivity (Wildman–Crippen MR) is 116 cm³/mol. The standard InChI is InChI=1S/C22H30N6/c1-5-18-14-20(28(4)27-18)19-15-21(26-22(23-3)25-19)24-13-9-8-12-17-11-7-6-10-16(17)2/h6-7,10-11,14-15H,5,8-9,12-13H2,1-4H3,(H2,23,24,25,26). The molecular formula is C22H30N6. The van der Waals surface area contributed by atoms with Gasteiger partial charge in [-0.15, -0.1) is 0 Å². The van der Waals surface area contributed by atoms with Crippen molar-refractivity contribution in [2.24, 2.45) is 7.05 Å². The number of hydrogen-bond donors (Lipinski definition) is 2. The van der Waals surface area contributed by atoms with Gasteiger partial charge in [-0.3, -0.25) is 4.68 Å². The molecule has 0 bridgehead atoms. The van der Waals surface area contributed by atoms with Crippen molar-refractivity contribution in [2.45, 2.75) is 39.5 Å². The maximum atomic E-state index is 4.60. The molecule has 2 aromatic heterocycles. The highest BCUT2D eigenvalue weighted by Crippen LogP contribution is 2.22. The van der Waals surface area contributed by atoms with Gasteiger partial charge < -0.3 is 10.6 Å². The zero-order valence-corrected chi connectivity index (χ0v) is 17.3. The van der Waals surface area contributed by atoms with Crippen LogP contribution in [0.25, 0.3) is 11.4 Å². The molecule has 0 unspecified atom stereocenters. The molecule has 0 radical (unpaired) electrons. The fourth-order valence-electron chi connectivity index (χ4n) is 3.27. The number of anilines is 2. The summed E-state index contributed by atoms with van der Waals surface area (Å²) in [6.07, 6.45) is 4.26. The zero-order valence-electron chi connectivity index (χ0n) is 17.3. The van der Waals surface area contributed by atoms with Gasteiger partial charge in [0.2, 0.25) is 5.95 Å². The van der Waals surface area contributed by atoms with Crippen LogP contribution in [0.3, 0.4) is 0 Å². The van der Waals surface area contributed by atoms with E-state index in [2.05, 4.69) is 69.9 Å². The number of unbranched alkanes of at least 4 members (excludes halogenated alkanes) is 1. The van der Waals surface area contributed by atoms with E-state index in [1.165, 1.54) is 11.1 Å². The first-order valence-electron chi connectivity index (χ1n) is 9.99. The van der Waals surface area contributed by atoms with Gasteiger partial charge in [0, 0.05) is 26.7 Å². The molecule has 2 N–H and O–H groups in total. The molecule has 0 aliphatic carbocycles. The van der Waals surface area contributed by atoms with Gasteiger partial charge in [0.25, 0.3) is 0 Å². The van der Waals surface area contributed by atoms with E-state index >= 15 is 0 Å². The Morgan fingerprint density at radius 1 is 1.07 bits per heavy atom. The molecule has 0 aliphatic rings. The van der Waals surface area contributed by atoms with E-state index in [0.717, 1.165) is 55.1 Å². The number of nitrogens with zero attached hydrogens (tertiary/aromatic N) is 4. The number of benzene rings is 1. The molecule has 0 fully saturated rings. The molecule has 6 heteroatoms. The van der Waals surface area contributed by atoms with Gasteiger partial charge in [-0.2, -0.15) is 10.1 Å². The summed E-state index contributed by atoms with van der Waals surface area (Å²) in [5.41, 5.74) is 5.74. The third-order valence-corrected chi connectivity index (χ3v) is 4.95. The Hall–Kier alpha value is -2.89. The van der Waals surface area contributed by atoms with Crippen LogP contribution in [0.2, 0.25) is 0 Å². The third-order valence-electron chi connectivity index (χ3n) is 4.95. The molecule has 0 spiro atoms. The highest BCUT2D eigenvalue weighted by molar-refractivity contribution is 5.61. The first-order chi connectivity index (χ1) is 13.6. The summed E-state index contributed by atoms with van der Waals surface area (Å²) >= 11 is 0. The molecule has 0 saturated carbocycles. The van der Waals surface area contributed by atoms with E-state index in [4.69, 9.17) is 0 Å². The van der Waals surface area contributed by atoms with Gasteiger partial charge in [-0.1, -0.05) is 31.2 Å². The maximum absolute atomic E-state index is 4.60. The monoisotopic (exact) mass is 378 g/mol. The molecule has 0 aliphatic heterocycles. The second kappa shape index (κ2) is 9.35. The topological polar surface area (TPSA) is 67.7 Å². The predicted octanol–water partition coefficient (Wildman–Crippen LogP) is 4.22. The minimum absolute atomic E-state index is 0.610. The van der Waals surface area contributed by atoms with Crippen LogP contribution in [-0.4, -0.2) is 33.3 Å². The average Bonchev–Trinajstić information content (AvgIpc) is 3.09. The lowest BCUT2D eigenvalue weighted by Crippen LogP contribution is -2.08. The van der Waals surface area contributed by atoms with Crippen molar-refractivity contribution in [3.8, 4) is 11.4 Å². The van der Waals surface area contributed by atoms with Gasteiger partial charge in [-0.25, -0.2) is 4.98 Å². The SMILES string of the molecule is CCc1cc(-c2cc(NCCCCc3ccccc3C)nc(NC)n2)n(C)n1. The van der Waals surface area contributed by atoms with Crippen molar-refractivity contribution < 1.29 is 0 Å². The summed E-state index contributed by atoms with van der Waals surface area (Å²) in [6, 6.07) is 12.7. The Bertz CT molecular complexity index is 915. The molecule has 6 nitrogen and oxygen atoms in total. The normalized spacial score (nSPS) is 10.9. The van der Waals surface area contributed by atoms with Crippen LogP contribution in [0, 0.1) is 6.92 Å². The highest BCUT2D eigenvalue weighted by atomic mass is 15.3. The Morgan fingerprint density at radius 2 is 1.89 bits per heavy atom. The van der Waals surface area contributed by atoms with Gasteiger partial charge >= 0.3 is 0 Å². The van der Waals surface area contributed by atoms with Gasteiger partial charge in [0.15, 0.2) is 0 Å². The van der Waals surface area contributed by atoms with Gasteiger partial charge in [0.1, 0.15) is 5.82 Å². The fourth-order valence-corrected chi connectivity index (χ4v) is 3.27.